The highest BCUT2D eigenvalue weighted by Crippen LogP contribution is 2.30. The van der Waals surface area contributed by atoms with Crippen LogP contribution in [-0.2, 0) is 9.53 Å². The lowest BCUT2D eigenvalue weighted by Crippen LogP contribution is -2.27. The number of nitrogens with one attached hydrogen (secondary N) is 1. The van der Waals surface area contributed by atoms with E-state index in [4.69, 9.17) is 21.4 Å². The molecular weight excluding hydrogens is 294 g/mol. The molecule has 1 atom stereocenters. The van der Waals surface area contributed by atoms with E-state index in [1.54, 1.807) is 45.9 Å². The fourth-order valence-electron chi connectivity index (χ4n) is 1.84. The molecule has 116 valence electrons. The number of halogens is 1. The Morgan fingerprint density at radius 1 is 1.38 bits per heavy atom. The Balaban J connectivity index is 2.96. The average Bonchev–Trinajstić information content (AvgIpc) is 2.27. The molecule has 2 N–H and O–H groups in total. The van der Waals surface area contributed by atoms with Crippen molar-refractivity contribution in [3.8, 4) is 0 Å². The average molecular weight is 314 g/mol. The van der Waals surface area contributed by atoms with Crippen LogP contribution < -0.4 is 5.32 Å². The van der Waals surface area contributed by atoms with E-state index in [1.165, 1.54) is 0 Å². The normalized spacial score (nSPS) is 12.6. The van der Waals surface area contributed by atoms with Crippen molar-refractivity contribution < 1.29 is 19.4 Å². The highest BCUT2D eigenvalue weighted by molar-refractivity contribution is 6.30. The first kappa shape index (κ1) is 17.3. The molecular formula is C15H20ClNO4. The van der Waals surface area contributed by atoms with Gasteiger partial charge < -0.3 is 9.84 Å². The predicted octanol–water partition coefficient (Wildman–Crippen LogP) is 4.27. The third-order valence-electron chi connectivity index (χ3n) is 2.66. The quantitative estimate of drug-likeness (QED) is 0.870. The molecule has 1 amide bonds. The lowest BCUT2D eigenvalue weighted by Gasteiger charge is -2.21. The summed E-state index contributed by atoms with van der Waals surface area (Å²) in [6.45, 7) is 7.06. The van der Waals surface area contributed by atoms with Crippen LogP contribution in [0.4, 0.5) is 10.5 Å². The van der Waals surface area contributed by atoms with Crippen molar-refractivity contribution >= 4 is 29.4 Å². The van der Waals surface area contributed by atoms with E-state index in [0.29, 0.717) is 16.3 Å². The zero-order valence-electron chi connectivity index (χ0n) is 12.6. The number of benzene rings is 1. The second-order valence-electron chi connectivity index (χ2n) is 5.86. The second-order valence-corrected chi connectivity index (χ2v) is 6.29. The summed E-state index contributed by atoms with van der Waals surface area (Å²) in [7, 11) is 0. The molecule has 1 aromatic rings. The van der Waals surface area contributed by atoms with Crippen molar-refractivity contribution in [3.63, 3.8) is 0 Å². The number of amides is 1. The van der Waals surface area contributed by atoms with Gasteiger partial charge in [0, 0.05) is 10.7 Å². The number of carboxylic acid groups (broad SMARTS) is 1. The minimum Gasteiger partial charge on any atom is -0.481 e. The largest absolute Gasteiger partial charge is 0.481 e. The van der Waals surface area contributed by atoms with E-state index in [1.807, 2.05) is 0 Å². The molecule has 0 saturated carbocycles. The van der Waals surface area contributed by atoms with Gasteiger partial charge in [0.05, 0.1) is 6.42 Å². The summed E-state index contributed by atoms with van der Waals surface area (Å²) in [6, 6.07) is 4.92. The van der Waals surface area contributed by atoms with Crippen molar-refractivity contribution in [1.29, 1.82) is 0 Å². The van der Waals surface area contributed by atoms with Gasteiger partial charge in [-0.05, 0) is 50.5 Å². The van der Waals surface area contributed by atoms with E-state index in [0.717, 1.165) is 0 Å². The molecule has 1 aromatic carbocycles. The third-order valence-corrected chi connectivity index (χ3v) is 2.90. The van der Waals surface area contributed by atoms with Crippen LogP contribution in [0.1, 0.15) is 45.6 Å². The Morgan fingerprint density at radius 2 is 2.00 bits per heavy atom. The van der Waals surface area contributed by atoms with E-state index >= 15 is 0 Å². The number of hydrogen-bond acceptors (Lipinski definition) is 3. The van der Waals surface area contributed by atoms with Crippen molar-refractivity contribution in [2.45, 2.75) is 45.6 Å². The molecule has 1 rings (SSSR count). The molecule has 0 aliphatic carbocycles. The minimum absolute atomic E-state index is 0.0522. The third kappa shape index (κ3) is 6.04. The van der Waals surface area contributed by atoms with Crippen LogP contribution in [0.15, 0.2) is 18.2 Å². The first-order valence-corrected chi connectivity index (χ1v) is 6.97. The SMILES string of the molecule is CC(CC(=O)O)c1cc(Cl)ccc1NC(=O)OC(C)(C)C. The molecule has 0 fully saturated rings. The van der Waals surface area contributed by atoms with E-state index in [2.05, 4.69) is 5.32 Å². The topological polar surface area (TPSA) is 75.6 Å². The monoisotopic (exact) mass is 313 g/mol. The van der Waals surface area contributed by atoms with Crippen molar-refractivity contribution in [2.75, 3.05) is 5.32 Å². The van der Waals surface area contributed by atoms with Crippen LogP contribution >= 0.6 is 11.6 Å². The van der Waals surface area contributed by atoms with Gasteiger partial charge >= 0.3 is 12.1 Å². The Hall–Kier alpha value is -1.75. The molecule has 5 nitrogen and oxygen atoms in total. The summed E-state index contributed by atoms with van der Waals surface area (Å²) >= 11 is 5.95. The maximum absolute atomic E-state index is 11.8. The van der Waals surface area contributed by atoms with E-state index in [-0.39, 0.29) is 12.3 Å². The molecule has 6 heteroatoms. The van der Waals surface area contributed by atoms with Crippen molar-refractivity contribution in [2.24, 2.45) is 0 Å². The van der Waals surface area contributed by atoms with E-state index in [9.17, 15) is 9.59 Å². The first-order valence-electron chi connectivity index (χ1n) is 6.59. The van der Waals surface area contributed by atoms with Gasteiger partial charge in [0.2, 0.25) is 0 Å². The summed E-state index contributed by atoms with van der Waals surface area (Å²) in [4.78, 5) is 22.7. The molecule has 0 aromatic heterocycles. The number of hydrogen-bond donors (Lipinski definition) is 2. The summed E-state index contributed by atoms with van der Waals surface area (Å²) in [5.41, 5.74) is 0.557. The maximum Gasteiger partial charge on any atom is 0.412 e. The number of carboxylic acids is 1. The van der Waals surface area contributed by atoms with Crippen LogP contribution in [0.25, 0.3) is 0 Å². The van der Waals surface area contributed by atoms with Crippen LogP contribution in [0.5, 0.6) is 0 Å². The smallest absolute Gasteiger partial charge is 0.412 e. The summed E-state index contributed by atoms with van der Waals surface area (Å²) in [5.74, 6) is -1.20. The summed E-state index contributed by atoms with van der Waals surface area (Å²) in [6.07, 6.45) is -0.642. The van der Waals surface area contributed by atoms with Crippen LogP contribution in [0, 0.1) is 0 Å². The van der Waals surface area contributed by atoms with Gasteiger partial charge in [-0.25, -0.2) is 4.79 Å². The van der Waals surface area contributed by atoms with Crippen LogP contribution in [0.2, 0.25) is 5.02 Å². The second kappa shape index (κ2) is 6.80. The molecule has 0 spiro atoms. The lowest BCUT2D eigenvalue weighted by molar-refractivity contribution is -0.137. The first-order chi connectivity index (χ1) is 9.58. The predicted molar refractivity (Wildman–Crippen MR) is 82.0 cm³/mol. The molecule has 0 aliphatic rings. The number of anilines is 1. The Morgan fingerprint density at radius 3 is 2.52 bits per heavy atom. The Kier molecular flexibility index (Phi) is 5.61. The minimum atomic E-state index is -0.911. The standard InChI is InChI=1S/C15H20ClNO4/c1-9(7-13(18)19)11-8-10(16)5-6-12(11)17-14(20)21-15(2,3)4/h5-6,8-9H,7H2,1-4H3,(H,17,20)(H,18,19). The zero-order chi connectivity index (χ0) is 16.2. The van der Waals surface area contributed by atoms with Gasteiger partial charge in [0.15, 0.2) is 0 Å². The van der Waals surface area contributed by atoms with Gasteiger partial charge in [0.1, 0.15) is 5.60 Å². The molecule has 0 aliphatic heterocycles. The lowest BCUT2D eigenvalue weighted by atomic mass is 9.96. The van der Waals surface area contributed by atoms with Crippen LogP contribution in [0.3, 0.4) is 0 Å². The van der Waals surface area contributed by atoms with Gasteiger partial charge in [-0.1, -0.05) is 18.5 Å². The highest BCUT2D eigenvalue weighted by atomic mass is 35.5. The zero-order valence-corrected chi connectivity index (χ0v) is 13.3. The number of carbonyl (C=O) groups excluding carboxylic acids is 1. The molecule has 0 radical (unpaired) electrons. The Labute approximate surface area is 129 Å². The Bertz CT molecular complexity index is 537. The van der Waals surface area contributed by atoms with Gasteiger partial charge in [0.25, 0.3) is 0 Å². The van der Waals surface area contributed by atoms with Crippen LogP contribution in [-0.4, -0.2) is 22.8 Å². The van der Waals surface area contributed by atoms with Gasteiger partial charge in [-0.3, -0.25) is 10.1 Å². The van der Waals surface area contributed by atoms with Gasteiger partial charge in [-0.15, -0.1) is 0 Å². The molecule has 0 heterocycles. The molecule has 1 unspecified atom stereocenters. The molecule has 0 bridgehead atoms. The number of aliphatic carboxylic acids is 1. The number of rotatable bonds is 4. The fourth-order valence-corrected chi connectivity index (χ4v) is 2.02. The highest BCUT2D eigenvalue weighted by Gasteiger charge is 2.19. The fraction of sp³-hybridized carbons (Fsp3) is 0.467. The number of ether oxygens (including phenoxy) is 1. The van der Waals surface area contributed by atoms with Crippen molar-refractivity contribution in [3.05, 3.63) is 28.8 Å². The molecule has 21 heavy (non-hydrogen) atoms. The van der Waals surface area contributed by atoms with E-state index < -0.39 is 17.7 Å². The maximum atomic E-state index is 11.8. The summed E-state index contributed by atoms with van der Waals surface area (Å²) < 4.78 is 5.19. The summed E-state index contributed by atoms with van der Waals surface area (Å²) in [5, 5.41) is 12.0. The van der Waals surface area contributed by atoms with Crippen molar-refractivity contribution in [1.82, 2.24) is 0 Å². The number of carbonyl (C=O) groups is 2. The van der Waals surface area contributed by atoms with Gasteiger partial charge in [-0.2, -0.15) is 0 Å². The molecule has 0 saturated heterocycles.